The Morgan fingerprint density at radius 3 is 2.75 bits per heavy atom. The molecule has 0 aromatic carbocycles. The summed E-state index contributed by atoms with van der Waals surface area (Å²) in [6.45, 7) is 3.98. The maximum Gasteiger partial charge on any atom is 0.247 e. The van der Waals surface area contributed by atoms with Gasteiger partial charge in [0.05, 0.1) is 5.54 Å². The predicted octanol–water partition coefficient (Wildman–Crippen LogP) is 0.829. The fraction of sp³-hybridized carbons (Fsp3) is 0.556. The van der Waals surface area contributed by atoms with Crippen LogP contribution in [-0.4, -0.2) is 25.3 Å². The van der Waals surface area contributed by atoms with Gasteiger partial charge >= 0.3 is 0 Å². The Labute approximate surface area is 92.5 Å². The third-order valence-corrected chi connectivity index (χ3v) is 2.74. The number of aromatic nitrogens is 5. The highest BCUT2D eigenvalue weighted by Crippen LogP contribution is 2.25. The van der Waals surface area contributed by atoms with Crippen molar-refractivity contribution in [3.8, 4) is 11.6 Å². The first-order valence-corrected chi connectivity index (χ1v) is 5.18. The van der Waals surface area contributed by atoms with E-state index in [0.717, 1.165) is 12.8 Å². The van der Waals surface area contributed by atoms with Gasteiger partial charge in [-0.3, -0.25) is 5.10 Å². The zero-order valence-corrected chi connectivity index (χ0v) is 9.27. The highest BCUT2D eigenvalue weighted by atomic mass is 16.5. The molecule has 0 amide bonds. The fourth-order valence-electron chi connectivity index (χ4n) is 1.39. The third kappa shape index (κ3) is 1.69. The molecule has 7 nitrogen and oxygen atoms in total. The van der Waals surface area contributed by atoms with E-state index in [1.54, 1.807) is 0 Å². The molecule has 7 heteroatoms. The van der Waals surface area contributed by atoms with E-state index in [9.17, 15) is 0 Å². The monoisotopic (exact) mass is 222 g/mol. The SMILES string of the molecule is CCC(N)(CC)c1nc(-c2ncn[nH]2)no1. The highest BCUT2D eigenvalue weighted by molar-refractivity contribution is 5.40. The van der Waals surface area contributed by atoms with E-state index in [2.05, 4.69) is 25.3 Å². The van der Waals surface area contributed by atoms with E-state index in [0.29, 0.717) is 17.5 Å². The van der Waals surface area contributed by atoms with Crippen LogP contribution in [0.1, 0.15) is 32.6 Å². The van der Waals surface area contributed by atoms with Gasteiger partial charge in [-0.1, -0.05) is 19.0 Å². The zero-order chi connectivity index (χ0) is 11.6. The Morgan fingerprint density at radius 2 is 2.19 bits per heavy atom. The second-order valence-electron chi connectivity index (χ2n) is 3.62. The highest BCUT2D eigenvalue weighted by Gasteiger charge is 2.30. The van der Waals surface area contributed by atoms with E-state index in [4.69, 9.17) is 10.3 Å². The van der Waals surface area contributed by atoms with Gasteiger partial charge in [0, 0.05) is 0 Å². The minimum atomic E-state index is -0.564. The molecule has 0 spiro atoms. The lowest BCUT2D eigenvalue weighted by atomic mass is 9.94. The number of H-pyrrole nitrogens is 1. The summed E-state index contributed by atoms with van der Waals surface area (Å²) in [6, 6.07) is 0. The summed E-state index contributed by atoms with van der Waals surface area (Å²) in [7, 11) is 0. The molecule has 0 aliphatic carbocycles. The number of hydrogen-bond acceptors (Lipinski definition) is 6. The molecule has 2 aromatic rings. The smallest absolute Gasteiger partial charge is 0.247 e. The normalized spacial score (nSPS) is 11.9. The fourth-order valence-corrected chi connectivity index (χ4v) is 1.39. The molecule has 2 heterocycles. The Bertz CT molecular complexity index is 444. The Hall–Kier alpha value is -1.76. The molecule has 2 rings (SSSR count). The quantitative estimate of drug-likeness (QED) is 0.793. The summed E-state index contributed by atoms with van der Waals surface area (Å²) >= 11 is 0. The van der Waals surface area contributed by atoms with Crippen LogP contribution in [0.5, 0.6) is 0 Å². The molecule has 0 saturated carbocycles. The summed E-state index contributed by atoms with van der Waals surface area (Å²) in [5.74, 6) is 1.29. The average molecular weight is 222 g/mol. The summed E-state index contributed by atoms with van der Waals surface area (Å²) < 4.78 is 5.16. The molecule has 0 unspecified atom stereocenters. The molecular formula is C9H14N6O. The molecule has 0 radical (unpaired) electrons. The standard InChI is InChI=1S/C9H14N6O/c1-3-9(10,4-2)8-13-7(15-16-8)6-11-5-12-14-6/h5H,3-4,10H2,1-2H3,(H,11,12,14). The van der Waals surface area contributed by atoms with Crippen molar-refractivity contribution in [2.45, 2.75) is 32.2 Å². The van der Waals surface area contributed by atoms with Crippen molar-refractivity contribution in [2.24, 2.45) is 5.73 Å². The predicted molar refractivity (Wildman–Crippen MR) is 56.1 cm³/mol. The summed E-state index contributed by atoms with van der Waals surface area (Å²) in [5.41, 5.74) is 5.58. The first-order chi connectivity index (χ1) is 7.69. The van der Waals surface area contributed by atoms with Crippen LogP contribution < -0.4 is 5.73 Å². The van der Waals surface area contributed by atoms with Crippen LogP contribution in [-0.2, 0) is 5.54 Å². The lowest BCUT2D eigenvalue weighted by Gasteiger charge is -2.20. The Morgan fingerprint density at radius 1 is 1.44 bits per heavy atom. The largest absolute Gasteiger partial charge is 0.337 e. The Kier molecular flexibility index (Phi) is 2.69. The van der Waals surface area contributed by atoms with Crippen LogP contribution >= 0.6 is 0 Å². The lowest BCUT2D eigenvalue weighted by molar-refractivity contribution is 0.268. The molecule has 0 aliphatic rings. The first-order valence-electron chi connectivity index (χ1n) is 5.18. The van der Waals surface area contributed by atoms with Gasteiger partial charge in [0.15, 0.2) is 5.82 Å². The van der Waals surface area contributed by atoms with Gasteiger partial charge in [0.1, 0.15) is 6.33 Å². The average Bonchev–Trinajstić information content (AvgIpc) is 2.97. The maximum absolute atomic E-state index is 6.14. The van der Waals surface area contributed by atoms with E-state index >= 15 is 0 Å². The molecular weight excluding hydrogens is 208 g/mol. The van der Waals surface area contributed by atoms with Crippen LogP contribution in [0, 0.1) is 0 Å². The van der Waals surface area contributed by atoms with Crippen molar-refractivity contribution in [1.29, 1.82) is 0 Å². The van der Waals surface area contributed by atoms with E-state index < -0.39 is 5.54 Å². The maximum atomic E-state index is 6.14. The topological polar surface area (TPSA) is 107 Å². The van der Waals surface area contributed by atoms with Gasteiger partial charge in [0.25, 0.3) is 0 Å². The number of aromatic amines is 1. The second kappa shape index (κ2) is 4.01. The van der Waals surface area contributed by atoms with Crippen LogP contribution in [0.3, 0.4) is 0 Å². The minimum absolute atomic E-state index is 0.379. The van der Waals surface area contributed by atoms with Gasteiger partial charge in [-0.05, 0) is 12.8 Å². The van der Waals surface area contributed by atoms with Crippen LogP contribution in [0.2, 0.25) is 0 Å². The summed E-state index contributed by atoms with van der Waals surface area (Å²) in [6.07, 6.45) is 2.86. The number of rotatable bonds is 4. The van der Waals surface area contributed by atoms with E-state index in [1.807, 2.05) is 13.8 Å². The molecule has 0 bridgehead atoms. The van der Waals surface area contributed by atoms with Gasteiger partial charge < -0.3 is 10.3 Å². The molecule has 0 fully saturated rings. The number of hydrogen-bond donors (Lipinski definition) is 2. The third-order valence-electron chi connectivity index (χ3n) is 2.74. The molecule has 3 N–H and O–H groups in total. The van der Waals surface area contributed by atoms with Crippen molar-refractivity contribution in [1.82, 2.24) is 25.3 Å². The summed E-state index contributed by atoms with van der Waals surface area (Å²) in [5, 5.41) is 10.2. The first kappa shape index (κ1) is 10.7. The van der Waals surface area contributed by atoms with Gasteiger partial charge in [-0.25, -0.2) is 4.98 Å². The van der Waals surface area contributed by atoms with Crippen molar-refractivity contribution >= 4 is 0 Å². The number of nitrogens with zero attached hydrogens (tertiary/aromatic N) is 4. The molecule has 0 atom stereocenters. The van der Waals surface area contributed by atoms with Crippen molar-refractivity contribution in [2.75, 3.05) is 0 Å². The van der Waals surface area contributed by atoms with Crippen molar-refractivity contribution in [3.63, 3.8) is 0 Å². The van der Waals surface area contributed by atoms with Gasteiger partial charge in [-0.15, -0.1) is 0 Å². The number of nitrogens with two attached hydrogens (primary N) is 1. The van der Waals surface area contributed by atoms with Gasteiger partial charge in [-0.2, -0.15) is 10.1 Å². The molecule has 16 heavy (non-hydrogen) atoms. The molecule has 86 valence electrons. The van der Waals surface area contributed by atoms with E-state index in [1.165, 1.54) is 6.33 Å². The van der Waals surface area contributed by atoms with Crippen molar-refractivity contribution in [3.05, 3.63) is 12.2 Å². The summed E-state index contributed by atoms with van der Waals surface area (Å²) in [4.78, 5) is 8.17. The molecule has 0 aliphatic heterocycles. The minimum Gasteiger partial charge on any atom is -0.337 e. The molecule has 2 aromatic heterocycles. The van der Waals surface area contributed by atoms with E-state index in [-0.39, 0.29) is 0 Å². The zero-order valence-electron chi connectivity index (χ0n) is 9.27. The van der Waals surface area contributed by atoms with Crippen LogP contribution in [0.15, 0.2) is 10.9 Å². The van der Waals surface area contributed by atoms with Gasteiger partial charge in [0.2, 0.25) is 11.7 Å². The molecule has 0 saturated heterocycles. The second-order valence-corrected chi connectivity index (χ2v) is 3.62. The number of nitrogens with one attached hydrogen (secondary N) is 1. The van der Waals surface area contributed by atoms with Crippen LogP contribution in [0.25, 0.3) is 11.6 Å². The Balaban J connectivity index is 2.33. The lowest BCUT2D eigenvalue weighted by Crippen LogP contribution is -2.35. The van der Waals surface area contributed by atoms with Crippen LogP contribution in [0.4, 0.5) is 0 Å². The van der Waals surface area contributed by atoms with Crippen molar-refractivity contribution < 1.29 is 4.52 Å².